The van der Waals surface area contributed by atoms with Gasteiger partial charge in [0.05, 0.1) is 0 Å². The number of carbonyl (C=O) groups excluding carboxylic acids is 2. The first-order chi connectivity index (χ1) is 16.9. The van der Waals surface area contributed by atoms with E-state index in [4.69, 9.17) is 9.47 Å². The summed E-state index contributed by atoms with van der Waals surface area (Å²) in [5.41, 5.74) is 0.428. The molecule has 0 radical (unpaired) electrons. The Labute approximate surface area is 221 Å². The Morgan fingerprint density at radius 1 is 0.861 bits per heavy atom. The third-order valence-electron chi connectivity index (χ3n) is 12.1. The van der Waals surface area contributed by atoms with E-state index in [9.17, 15) is 9.59 Å². The summed E-state index contributed by atoms with van der Waals surface area (Å²) >= 11 is 0. The van der Waals surface area contributed by atoms with Crippen LogP contribution in [-0.2, 0) is 19.1 Å². The van der Waals surface area contributed by atoms with Crippen molar-refractivity contribution in [1.29, 1.82) is 0 Å². The van der Waals surface area contributed by atoms with Crippen LogP contribution in [0.15, 0.2) is 0 Å². The topological polar surface area (TPSA) is 52.6 Å². The molecule has 11 unspecified atom stereocenters. The molecule has 4 fully saturated rings. The normalized spacial score (nSPS) is 43.6. The Kier molecular flexibility index (Phi) is 8.23. The van der Waals surface area contributed by atoms with E-state index in [1.807, 2.05) is 0 Å². The molecule has 11 atom stereocenters. The summed E-state index contributed by atoms with van der Waals surface area (Å²) in [5, 5.41) is 0. The van der Waals surface area contributed by atoms with Gasteiger partial charge in [-0.3, -0.25) is 9.59 Å². The fraction of sp³-hybridized carbons (Fsp3) is 0.938. The van der Waals surface area contributed by atoms with E-state index < -0.39 is 0 Å². The molecule has 206 valence electrons. The summed E-state index contributed by atoms with van der Waals surface area (Å²) in [6.45, 7) is 17.8. The Morgan fingerprint density at radius 3 is 2.19 bits per heavy atom. The highest BCUT2D eigenvalue weighted by Crippen LogP contribution is 2.69. The predicted molar refractivity (Wildman–Crippen MR) is 144 cm³/mol. The number of carbonyl (C=O) groups is 2. The molecule has 4 rings (SSSR count). The van der Waals surface area contributed by atoms with Gasteiger partial charge >= 0.3 is 11.9 Å². The number of ether oxygens (including phenoxy) is 2. The average molecular weight is 503 g/mol. The quantitative estimate of drug-likeness (QED) is 0.333. The maximum Gasteiger partial charge on any atom is 0.302 e. The lowest BCUT2D eigenvalue weighted by molar-refractivity contribution is -0.201. The fourth-order valence-corrected chi connectivity index (χ4v) is 10.0. The zero-order valence-electron chi connectivity index (χ0n) is 24.5. The number of esters is 2. The van der Waals surface area contributed by atoms with Crippen LogP contribution in [0.5, 0.6) is 0 Å². The summed E-state index contributed by atoms with van der Waals surface area (Å²) in [7, 11) is 0. The van der Waals surface area contributed by atoms with Crippen molar-refractivity contribution in [3.8, 4) is 0 Å². The standard InChI is InChI=1S/C32H54O4/c1-19(2)20(3)9-10-21(4)27-13-14-28-26-12-11-24-17-25(35-22(5)33)15-16-31(24,7)30(26)29(36-23(6)34)18-32(27,28)8/h19-21,24-30H,9-18H2,1-8H3. The van der Waals surface area contributed by atoms with Crippen LogP contribution in [0.4, 0.5) is 0 Å². The summed E-state index contributed by atoms with van der Waals surface area (Å²) in [4.78, 5) is 24.0. The molecule has 4 heteroatoms. The van der Waals surface area contributed by atoms with Gasteiger partial charge in [-0.15, -0.1) is 0 Å². The molecular formula is C32H54O4. The van der Waals surface area contributed by atoms with Crippen molar-refractivity contribution in [2.75, 3.05) is 0 Å². The summed E-state index contributed by atoms with van der Waals surface area (Å²) in [6, 6.07) is 0. The molecule has 0 amide bonds. The summed E-state index contributed by atoms with van der Waals surface area (Å²) in [5.74, 6) is 5.08. The number of hydrogen-bond acceptors (Lipinski definition) is 4. The largest absolute Gasteiger partial charge is 0.463 e. The van der Waals surface area contributed by atoms with Gasteiger partial charge in [0.2, 0.25) is 0 Å². The van der Waals surface area contributed by atoms with Gasteiger partial charge in [0.15, 0.2) is 0 Å². The SMILES string of the molecule is CC(=O)OC1CCC2(C)C(CCC3C4CCC(C(C)CCC(C)C(C)C)C4(C)CC(OC(C)=O)C32)C1. The van der Waals surface area contributed by atoms with Crippen molar-refractivity contribution in [2.24, 2.45) is 58.2 Å². The minimum absolute atomic E-state index is 0.0224. The second kappa shape index (κ2) is 10.6. The Morgan fingerprint density at radius 2 is 1.56 bits per heavy atom. The molecule has 0 bridgehead atoms. The van der Waals surface area contributed by atoms with Gasteiger partial charge in [-0.05, 0) is 104 Å². The first-order valence-electron chi connectivity index (χ1n) is 15.2. The van der Waals surface area contributed by atoms with E-state index in [1.54, 1.807) is 6.92 Å². The van der Waals surface area contributed by atoms with Gasteiger partial charge in [0.1, 0.15) is 12.2 Å². The lowest BCUT2D eigenvalue weighted by Gasteiger charge is -2.63. The lowest BCUT2D eigenvalue weighted by atomic mass is 9.43. The van der Waals surface area contributed by atoms with E-state index >= 15 is 0 Å². The fourth-order valence-electron chi connectivity index (χ4n) is 10.0. The molecule has 0 heterocycles. The van der Waals surface area contributed by atoms with Gasteiger partial charge < -0.3 is 9.47 Å². The monoisotopic (exact) mass is 502 g/mol. The van der Waals surface area contributed by atoms with Crippen molar-refractivity contribution in [3.05, 3.63) is 0 Å². The Hall–Kier alpha value is -1.06. The molecule has 0 aromatic rings. The van der Waals surface area contributed by atoms with Gasteiger partial charge in [-0.1, -0.05) is 54.4 Å². The van der Waals surface area contributed by atoms with E-state index in [0.717, 1.165) is 55.3 Å². The second-order valence-electron chi connectivity index (χ2n) is 14.4. The molecule has 0 spiro atoms. The molecule has 4 aliphatic carbocycles. The third-order valence-corrected chi connectivity index (χ3v) is 12.1. The van der Waals surface area contributed by atoms with Crippen LogP contribution in [-0.4, -0.2) is 24.1 Å². The third kappa shape index (κ3) is 5.13. The van der Waals surface area contributed by atoms with Crippen LogP contribution in [0.2, 0.25) is 0 Å². The van der Waals surface area contributed by atoms with Crippen LogP contribution in [0.3, 0.4) is 0 Å². The minimum Gasteiger partial charge on any atom is -0.463 e. The summed E-state index contributed by atoms with van der Waals surface area (Å²) < 4.78 is 11.9. The summed E-state index contributed by atoms with van der Waals surface area (Å²) in [6.07, 6.45) is 11.9. The van der Waals surface area contributed by atoms with E-state index in [1.165, 1.54) is 45.4 Å². The van der Waals surface area contributed by atoms with Gasteiger partial charge in [-0.25, -0.2) is 0 Å². The van der Waals surface area contributed by atoms with Crippen LogP contribution in [0.25, 0.3) is 0 Å². The van der Waals surface area contributed by atoms with Gasteiger partial charge in [-0.2, -0.15) is 0 Å². The molecule has 0 aromatic carbocycles. The molecule has 0 aromatic heterocycles. The molecule has 4 nitrogen and oxygen atoms in total. The number of rotatable bonds is 7. The van der Waals surface area contributed by atoms with Crippen LogP contribution >= 0.6 is 0 Å². The van der Waals surface area contributed by atoms with Gasteiger partial charge in [0, 0.05) is 19.8 Å². The van der Waals surface area contributed by atoms with Crippen molar-refractivity contribution in [2.45, 2.75) is 132 Å². The molecule has 4 aliphatic rings. The average Bonchev–Trinajstić information content (AvgIpc) is 3.13. The van der Waals surface area contributed by atoms with Crippen molar-refractivity contribution in [3.63, 3.8) is 0 Å². The highest BCUT2D eigenvalue weighted by molar-refractivity contribution is 5.66. The second-order valence-corrected chi connectivity index (χ2v) is 14.4. The smallest absolute Gasteiger partial charge is 0.302 e. The van der Waals surface area contributed by atoms with Crippen LogP contribution in [0, 0.1) is 58.2 Å². The maximum atomic E-state index is 12.4. The zero-order chi connectivity index (χ0) is 26.4. The van der Waals surface area contributed by atoms with Crippen molar-refractivity contribution >= 4 is 11.9 Å². The predicted octanol–water partition coefficient (Wildman–Crippen LogP) is 7.83. The number of fused-ring (bicyclic) bond motifs is 5. The van der Waals surface area contributed by atoms with Crippen molar-refractivity contribution < 1.29 is 19.1 Å². The molecule has 0 N–H and O–H groups in total. The lowest BCUT2D eigenvalue weighted by Crippen LogP contribution is -2.60. The number of hydrogen-bond donors (Lipinski definition) is 0. The van der Waals surface area contributed by atoms with Crippen LogP contribution < -0.4 is 0 Å². The molecule has 4 saturated carbocycles. The van der Waals surface area contributed by atoms with Crippen LogP contribution in [0.1, 0.15) is 120 Å². The maximum absolute atomic E-state index is 12.4. The Balaban J connectivity index is 1.57. The Bertz CT molecular complexity index is 806. The highest BCUT2D eigenvalue weighted by Gasteiger charge is 2.64. The van der Waals surface area contributed by atoms with E-state index in [-0.39, 0.29) is 35.0 Å². The molecular weight excluding hydrogens is 448 g/mol. The molecule has 36 heavy (non-hydrogen) atoms. The minimum atomic E-state index is -0.155. The van der Waals surface area contributed by atoms with Crippen molar-refractivity contribution in [1.82, 2.24) is 0 Å². The zero-order valence-corrected chi connectivity index (χ0v) is 24.5. The molecule has 0 aliphatic heterocycles. The van der Waals surface area contributed by atoms with Gasteiger partial charge in [0.25, 0.3) is 0 Å². The first-order valence-corrected chi connectivity index (χ1v) is 15.2. The first kappa shape index (κ1) is 28.0. The van der Waals surface area contributed by atoms with E-state index in [0.29, 0.717) is 17.8 Å². The highest BCUT2D eigenvalue weighted by atomic mass is 16.5. The van der Waals surface area contributed by atoms with E-state index in [2.05, 4.69) is 41.5 Å². The molecule has 0 saturated heterocycles.